The molecule has 1 fully saturated rings. The van der Waals surface area contributed by atoms with E-state index in [1.165, 1.54) is 6.07 Å². The first-order valence-corrected chi connectivity index (χ1v) is 8.19. The van der Waals surface area contributed by atoms with Crippen molar-refractivity contribution >= 4 is 29.0 Å². The Kier molecular flexibility index (Phi) is 5.15. The second kappa shape index (κ2) is 7.49. The van der Waals surface area contributed by atoms with Gasteiger partial charge in [0.25, 0.3) is 0 Å². The Morgan fingerprint density at radius 1 is 1.17 bits per heavy atom. The second-order valence-corrected chi connectivity index (χ2v) is 6.02. The maximum absolute atomic E-state index is 13.7. The van der Waals surface area contributed by atoms with Crippen molar-refractivity contribution in [3.63, 3.8) is 0 Å². The molecule has 1 aliphatic heterocycles. The van der Waals surface area contributed by atoms with Crippen LogP contribution in [0.25, 0.3) is 0 Å². The van der Waals surface area contributed by atoms with E-state index >= 15 is 0 Å². The summed E-state index contributed by atoms with van der Waals surface area (Å²) in [5.41, 5.74) is 0.998. The zero-order valence-electron chi connectivity index (χ0n) is 13.0. The highest BCUT2D eigenvalue weighted by Crippen LogP contribution is 2.21. The van der Waals surface area contributed by atoms with Crippen LogP contribution in [0.5, 0.6) is 0 Å². The maximum Gasteiger partial charge on any atom is 0.321 e. The molecule has 0 atom stereocenters. The van der Waals surface area contributed by atoms with Crippen molar-refractivity contribution in [2.24, 2.45) is 0 Å². The van der Waals surface area contributed by atoms with Gasteiger partial charge in [-0.2, -0.15) is 0 Å². The number of amides is 2. The molecule has 1 aliphatic rings. The van der Waals surface area contributed by atoms with Crippen LogP contribution in [0.3, 0.4) is 0 Å². The van der Waals surface area contributed by atoms with Gasteiger partial charge in [-0.25, -0.2) is 14.2 Å². The Hall–Kier alpha value is -2.34. The number of likely N-dealkylation sites (tertiary alicyclic amines) is 1. The SMILES string of the molecule is O=C(Nc1cccnc1Cl)N1CCC(Nc2ccccc2F)CC1. The molecule has 126 valence electrons. The maximum atomic E-state index is 13.7. The van der Waals surface area contributed by atoms with Crippen molar-refractivity contribution in [1.29, 1.82) is 0 Å². The molecule has 0 aliphatic carbocycles. The van der Waals surface area contributed by atoms with Crippen molar-refractivity contribution in [3.05, 3.63) is 53.6 Å². The van der Waals surface area contributed by atoms with E-state index in [9.17, 15) is 9.18 Å². The van der Waals surface area contributed by atoms with Gasteiger partial charge in [-0.05, 0) is 37.1 Å². The molecule has 0 radical (unpaired) electrons. The predicted octanol–water partition coefficient (Wildman–Crippen LogP) is 3.98. The van der Waals surface area contributed by atoms with Crippen LogP contribution in [0.15, 0.2) is 42.6 Å². The van der Waals surface area contributed by atoms with Gasteiger partial charge in [0.05, 0.1) is 11.4 Å². The number of hydrogen-bond donors (Lipinski definition) is 2. The van der Waals surface area contributed by atoms with E-state index in [4.69, 9.17) is 11.6 Å². The molecule has 0 unspecified atom stereocenters. The minimum Gasteiger partial charge on any atom is -0.380 e. The standard InChI is InChI=1S/C17H18ClFN4O/c18-16-15(6-3-9-20-16)22-17(24)23-10-7-12(8-11-23)21-14-5-2-1-4-13(14)19/h1-6,9,12,21H,7-8,10-11H2,(H,22,24). The summed E-state index contributed by atoms with van der Waals surface area (Å²) in [6.45, 7) is 1.19. The van der Waals surface area contributed by atoms with Crippen molar-refractivity contribution in [1.82, 2.24) is 9.88 Å². The molecule has 2 N–H and O–H groups in total. The highest BCUT2D eigenvalue weighted by molar-refractivity contribution is 6.32. The molecule has 0 bridgehead atoms. The van der Waals surface area contributed by atoms with E-state index in [0.717, 1.165) is 12.8 Å². The zero-order valence-corrected chi connectivity index (χ0v) is 13.8. The number of nitrogens with one attached hydrogen (secondary N) is 2. The average Bonchev–Trinajstić information content (AvgIpc) is 2.59. The average molecular weight is 349 g/mol. The number of rotatable bonds is 3. The summed E-state index contributed by atoms with van der Waals surface area (Å²) >= 11 is 5.95. The van der Waals surface area contributed by atoms with Gasteiger partial charge in [-0.1, -0.05) is 23.7 Å². The lowest BCUT2D eigenvalue weighted by molar-refractivity contribution is 0.197. The number of aromatic nitrogens is 1. The van der Waals surface area contributed by atoms with Crippen LogP contribution in [-0.2, 0) is 0 Å². The van der Waals surface area contributed by atoms with E-state index < -0.39 is 0 Å². The van der Waals surface area contributed by atoms with Crippen LogP contribution in [0, 0.1) is 5.82 Å². The Morgan fingerprint density at radius 2 is 1.88 bits per heavy atom. The molecule has 5 nitrogen and oxygen atoms in total. The van der Waals surface area contributed by atoms with Crippen LogP contribution in [0.4, 0.5) is 20.6 Å². The number of halogens is 2. The van der Waals surface area contributed by atoms with Gasteiger partial charge < -0.3 is 15.5 Å². The molecule has 1 aromatic heterocycles. The van der Waals surface area contributed by atoms with Gasteiger partial charge in [-0.15, -0.1) is 0 Å². The van der Waals surface area contributed by atoms with E-state index in [1.54, 1.807) is 41.4 Å². The van der Waals surface area contributed by atoms with Gasteiger partial charge in [0.1, 0.15) is 5.82 Å². The van der Waals surface area contributed by atoms with Crippen molar-refractivity contribution in [3.8, 4) is 0 Å². The zero-order chi connectivity index (χ0) is 16.9. The molecule has 2 amide bonds. The van der Waals surface area contributed by atoms with Gasteiger partial charge in [0.2, 0.25) is 0 Å². The number of urea groups is 1. The van der Waals surface area contributed by atoms with Gasteiger partial charge in [0.15, 0.2) is 5.15 Å². The molecule has 0 saturated carbocycles. The lowest BCUT2D eigenvalue weighted by atomic mass is 10.0. The first-order chi connectivity index (χ1) is 11.6. The van der Waals surface area contributed by atoms with Gasteiger partial charge >= 0.3 is 6.03 Å². The number of para-hydroxylation sites is 1. The van der Waals surface area contributed by atoms with Crippen molar-refractivity contribution in [2.45, 2.75) is 18.9 Å². The van der Waals surface area contributed by atoms with Crippen LogP contribution in [-0.4, -0.2) is 35.0 Å². The number of benzene rings is 1. The third-order valence-electron chi connectivity index (χ3n) is 4.02. The van der Waals surface area contributed by atoms with Crippen LogP contribution >= 0.6 is 11.6 Å². The van der Waals surface area contributed by atoms with E-state index in [2.05, 4.69) is 15.6 Å². The number of pyridine rings is 1. The Bertz CT molecular complexity index is 719. The summed E-state index contributed by atoms with van der Waals surface area (Å²) in [5, 5.41) is 6.23. The largest absolute Gasteiger partial charge is 0.380 e. The van der Waals surface area contributed by atoms with Crippen LogP contribution in [0.2, 0.25) is 5.15 Å². The van der Waals surface area contributed by atoms with Crippen molar-refractivity contribution in [2.75, 3.05) is 23.7 Å². The smallest absolute Gasteiger partial charge is 0.321 e. The molecule has 1 saturated heterocycles. The summed E-state index contributed by atoms with van der Waals surface area (Å²) in [6.07, 6.45) is 3.07. The topological polar surface area (TPSA) is 57.3 Å². The molecular formula is C17H18ClFN4O. The lowest BCUT2D eigenvalue weighted by Gasteiger charge is -2.33. The molecule has 2 heterocycles. The monoisotopic (exact) mass is 348 g/mol. The quantitative estimate of drug-likeness (QED) is 0.825. The fourth-order valence-corrected chi connectivity index (χ4v) is 2.87. The Labute approximate surface area is 144 Å². The third kappa shape index (κ3) is 3.94. The Balaban J connectivity index is 1.52. The summed E-state index contributed by atoms with van der Waals surface area (Å²) in [5.74, 6) is -0.260. The first kappa shape index (κ1) is 16.5. The normalized spacial score (nSPS) is 15.2. The number of hydrogen-bond acceptors (Lipinski definition) is 3. The van der Waals surface area contributed by atoms with E-state index in [-0.39, 0.29) is 23.0 Å². The molecule has 2 aromatic rings. The summed E-state index contributed by atoms with van der Waals surface area (Å²) < 4.78 is 13.7. The Morgan fingerprint density at radius 3 is 2.58 bits per heavy atom. The number of anilines is 2. The predicted molar refractivity (Wildman–Crippen MR) is 92.9 cm³/mol. The lowest BCUT2D eigenvalue weighted by Crippen LogP contribution is -2.44. The first-order valence-electron chi connectivity index (χ1n) is 7.81. The molecule has 3 rings (SSSR count). The molecule has 24 heavy (non-hydrogen) atoms. The minimum absolute atomic E-state index is 0.146. The summed E-state index contributed by atoms with van der Waals surface area (Å²) in [7, 11) is 0. The summed E-state index contributed by atoms with van der Waals surface area (Å²) in [4.78, 5) is 17.9. The fourth-order valence-electron chi connectivity index (χ4n) is 2.70. The highest BCUT2D eigenvalue weighted by Gasteiger charge is 2.23. The number of piperidine rings is 1. The summed E-state index contributed by atoms with van der Waals surface area (Å²) in [6, 6.07) is 9.98. The molecular weight excluding hydrogens is 331 g/mol. The highest BCUT2D eigenvalue weighted by atomic mass is 35.5. The van der Waals surface area contributed by atoms with Gasteiger partial charge in [-0.3, -0.25) is 0 Å². The number of carbonyl (C=O) groups excluding carboxylic acids is 1. The molecule has 7 heteroatoms. The van der Waals surface area contributed by atoms with Crippen LogP contribution in [0.1, 0.15) is 12.8 Å². The molecule has 1 aromatic carbocycles. The fraction of sp³-hybridized carbons (Fsp3) is 0.294. The third-order valence-corrected chi connectivity index (χ3v) is 4.32. The molecule has 0 spiro atoms. The van der Waals surface area contributed by atoms with E-state index in [0.29, 0.717) is 24.5 Å². The number of nitrogens with zero attached hydrogens (tertiary/aromatic N) is 2. The van der Waals surface area contributed by atoms with Gasteiger partial charge in [0, 0.05) is 25.3 Å². The number of carbonyl (C=O) groups is 1. The van der Waals surface area contributed by atoms with Crippen molar-refractivity contribution < 1.29 is 9.18 Å². The van der Waals surface area contributed by atoms with E-state index in [1.807, 2.05) is 0 Å². The van der Waals surface area contributed by atoms with Crippen LogP contribution < -0.4 is 10.6 Å². The minimum atomic E-state index is -0.260. The second-order valence-electron chi connectivity index (χ2n) is 5.66.